The minimum absolute atomic E-state index is 0.0752. The highest BCUT2D eigenvalue weighted by molar-refractivity contribution is 5.92. The topological polar surface area (TPSA) is 119 Å². The summed E-state index contributed by atoms with van der Waals surface area (Å²) in [6.45, 7) is 2.57. The summed E-state index contributed by atoms with van der Waals surface area (Å²) >= 11 is 0. The van der Waals surface area contributed by atoms with E-state index in [2.05, 4.69) is 21.0 Å². The van der Waals surface area contributed by atoms with Crippen LogP contribution in [0.3, 0.4) is 0 Å². The Morgan fingerprint density at radius 3 is 2.67 bits per heavy atom. The number of nitrogens with zero attached hydrogens (tertiary/aromatic N) is 2. The second-order valence-corrected chi connectivity index (χ2v) is 3.22. The van der Waals surface area contributed by atoms with Gasteiger partial charge in [0.1, 0.15) is 0 Å². The first-order valence-electron chi connectivity index (χ1n) is 4.61. The Bertz CT molecular complexity index is 372. The van der Waals surface area contributed by atoms with Crippen LogP contribution in [-0.2, 0) is 6.42 Å². The summed E-state index contributed by atoms with van der Waals surface area (Å²) in [6, 6.07) is 2.06. The van der Waals surface area contributed by atoms with Crippen molar-refractivity contribution in [3.63, 3.8) is 0 Å². The predicted molar refractivity (Wildman–Crippen MR) is 61.5 cm³/mol. The van der Waals surface area contributed by atoms with Crippen molar-refractivity contribution in [1.29, 1.82) is 0 Å². The molecule has 0 unspecified atom stereocenters. The van der Waals surface area contributed by atoms with Gasteiger partial charge in [0.15, 0.2) is 5.96 Å². The van der Waals surface area contributed by atoms with E-state index in [1.54, 1.807) is 0 Å². The summed E-state index contributed by atoms with van der Waals surface area (Å²) in [5.41, 5.74) is 18.0. The van der Waals surface area contributed by atoms with Crippen LogP contribution in [0.25, 0.3) is 0 Å². The number of hydrogen-bond donors (Lipinski definition) is 4. The van der Waals surface area contributed by atoms with Crippen LogP contribution in [0.1, 0.15) is 11.3 Å². The van der Waals surface area contributed by atoms with Gasteiger partial charge in [0.25, 0.3) is 0 Å². The summed E-state index contributed by atoms with van der Waals surface area (Å²) in [5, 5.41) is 0. The third-order valence-corrected chi connectivity index (χ3v) is 1.81. The average molecular weight is 208 g/mol. The van der Waals surface area contributed by atoms with Crippen molar-refractivity contribution in [1.82, 2.24) is 4.98 Å². The molecule has 0 bridgehead atoms. The van der Waals surface area contributed by atoms with Crippen LogP contribution in [0.15, 0.2) is 22.2 Å². The largest absolute Gasteiger partial charge is 0.370 e. The highest BCUT2D eigenvalue weighted by Gasteiger charge is 1.95. The van der Waals surface area contributed by atoms with Crippen molar-refractivity contribution >= 4 is 11.9 Å². The molecule has 1 aromatic heterocycles. The second kappa shape index (κ2) is 5.04. The Morgan fingerprint density at radius 2 is 2.13 bits per heavy atom. The zero-order valence-corrected chi connectivity index (χ0v) is 8.70. The Labute approximate surface area is 88.3 Å². The van der Waals surface area contributed by atoms with Gasteiger partial charge in [-0.3, -0.25) is 4.99 Å². The van der Waals surface area contributed by atoms with Crippen molar-refractivity contribution in [3.8, 4) is 0 Å². The van der Waals surface area contributed by atoms with E-state index < -0.39 is 0 Å². The molecule has 1 rings (SSSR count). The molecule has 82 valence electrons. The molecule has 0 saturated carbocycles. The van der Waals surface area contributed by atoms with Gasteiger partial charge in [-0.15, -0.1) is 0 Å². The lowest BCUT2D eigenvalue weighted by Crippen LogP contribution is -2.26. The van der Waals surface area contributed by atoms with Crippen LogP contribution in [-0.4, -0.2) is 23.4 Å². The number of hydrogen-bond acceptors (Lipinski definition) is 1. The van der Waals surface area contributed by atoms with E-state index in [0.717, 1.165) is 12.1 Å². The second-order valence-electron chi connectivity index (χ2n) is 3.22. The molecule has 0 fully saturated rings. The normalized spacial score (nSPS) is 11.4. The fourth-order valence-corrected chi connectivity index (χ4v) is 1.18. The maximum atomic E-state index is 5.44. The molecule has 6 heteroatoms. The Morgan fingerprint density at radius 1 is 1.40 bits per heavy atom. The van der Waals surface area contributed by atoms with E-state index in [1.165, 1.54) is 5.56 Å². The minimum atomic E-state index is -0.0752. The lowest BCUT2D eigenvalue weighted by Gasteiger charge is -1.95. The van der Waals surface area contributed by atoms with E-state index in [-0.39, 0.29) is 11.9 Å². The number of guanidine groups is 2. The summed E-state index contributed by atoms with van der Waals surface area (Å²) in [5.74, 6) is 0.0380. The molecule has 1 aromatic rings. The number of aliphatic imine (C=N–C) groups is 2. The summed E-state index contributed by atoms with van der Waals surface area (Å²) < 4.78 is 0. The van der Waals surface area contributed by atoms with Gasteiger partial charge < -0.3 is 22.2 Å². The third kappa shape index (κ3) is 4.17. The van der Waals surface area contributed by atoms with Gasteiger partial charge in [-0.25, -0.2) is 0 Å². The van der Waals surface area contributed by atoms with E-state index in [4.69, 9.17) is 17.2 Å². The van der Waals surface area contributed by atoms with Crippen LogP contribution < -0.4 is 17.2 Å². The molecule has 0 aliphatic carbocycles. The van der Waals surface area contributed by atoms with Gasteiger partial charge in [-0.1, -0.05) is 0 Å². The molecule has 0 saturated heterocycles. The van der Waals surface area contributed by atoms with Crippen LogP contribution in [0.2, 0.25) is 0 Å². The molecular weight excluding hydrogens is 192 g/mol. The van der Waals surface area contributed by atoms with E-state index in [0.29, 0.717) is 6.54 Å². The van der Waals surface area contributed by atoms with Crippen LogP contribution in [0, 0.1) is 6.92 Å². The zero-order valence-electron chi connectivity index (χ0n) is 8.70. The molecule has 15 heavy (non-hydrogen) atoms. The first kappa shape index (κ1) is 11.1. The summed E-state index contributed by atoms with van der Waals surface area (Å²) in [4.78, 5) is 10.7. The number of rotatable bonds is 3. The van der Waals surface area contributed by atoms with E-state index >= 15 is 0 Å². The zero-order chi connectivity index (χ0) is 11.3. The minimum Gasteiger partial charge on any atom is -0.370 e. The van der Waals surface area contributed by atoms with Crippen LogP contribution >= 0.6 is 0 Å². The maximum absolute atomic E-state index is 5.44. The van der Waals surface area contributed by atoms with Crippen molar-refractivity contribution in [2.24, 2.45) is 27.2 Å². The molecule has 0 aliphatic heterocycles. The number of aryl methyl sites for hydroxylation is 1. The van der Waals surface area contributed by atoms with E-state index in [9.17, 15) is 0 Å². The SMILES string of the molecule is Cc1cc(CCN=C(N)N=C(N)N)c[nH]1. The van der Waals surface area contributed by atoms with Crippen molar-refractivity contribution in [2.75, 3.05) is 6.54 Å². The standard InChI is InChI=1S/C9H16N6/c1-6-4-7(5-14-6)2-3-13-9(12)15-8(10)11/h4-5,14H,2-3H2,1H3,(H6,10,11,12,13,15). The molecule has 0 amide bonds. The maximum Gasteiger partial charge on any atom is 0.218 e. The smallest absolute Gasteiger partial charge is 0.218 e. The molecule has 0 aliphatic rings. The lowest BCUT2D eigenvalue weighted by atomic mass is 10.2. The van der Waals surface area contributed by atoms with Gasteiger partial charge in [-0.2, -0.15) is 4.99 Å². The Kier molecular flexibility index (Phi) is 3.73. The molecule has 0 radical (unpaired) electrons. The fraction of sp³-hybridized carbons (Fsp3) is 0.333. The van der Waals surface area contributed by atoms with E-state index in [1.807, 2.05) is 13.1 Å². The number of nitrogens with one attached hydrogen (secondary N) is 1. The summed E-state index contributed by atoms with van der Waals surface area (Å²) in [6.07, 6.45) is 2.76. The molecule has 0 aromatic carbocycles. The highest BCUT2D eigenvalue weighted by Crippen LogP contribution is 2.02. The van der Waals surface area contributed by atoms with Gasteiger partial charge in [-0.05, 0) is 25.0 Å². The molecule has 6 nitrogen and oxygen atoms in total. The van der Waals surface area contributed by atoms with Gasteiger partial charge in [0.2, 0.25) is 5.96 Å². The number of aromatic amines is 1. The molecule has 0 atom stereocenters. The van der Waals surface area contributed by atoms with Crippen molar-refractivity contribution in [2.45, 2.75) is 13.3 Å². The average Bonchev–Trinajstić information content (AvgIpc) is 2.50. The van der Waals surface area contributed by atoms with Gasteiger partial charge in [0.05, 0.1) is 0 Å². The Hall–Kier alpha value is -1.98. The molecule has 0 spiro atoms. The number of nitrogens with two attached hydrogens (primary N) is 3. The predicted octanol–water partition coefficient (Wildman–Crippen LogP) is -0.546. The number of H-pyrrole nitrogens is 1. The monoisotopic (exact) mass is 208 g/mol. The first-order chi connectivity index (χ1) is 7.08. The van der Waals surface area contributed by atoms with Crippen molar-refractivity contribution in [3.05, 3.63) is 23.5 Å². The third-order valence-electron chi connectivity index (χ3n) is 1.81. The number of aromatic nitrogens is 1. The van der Waals surface area contributed by atoms with Crippen LogP contribution in [0.5, 0.6) is 0 Å². The lowest BCUT2D eigenvalue weighted by molar-refractivity contribution is 0.963. The quantitative estimate of drug-likeness (QED) is 0.394. The van der Waals surface area contributed by atoms with Gasteiger partial charge >= 0.3 is 0 Å². The van der Waals surface area contributed by atoms with Crippen molar-refractivity contribution < 1.29 is 0 Å². The molecular formula is C9H16N6. The van der Waals surface area contributed by atoms with Gasteiger partial charge in [0, 0.05) is 18.4 Å². The molecule has 7 N–H and O–H groups in total. The van der Waals surface area contributed by atoms with Crippen LogP contribution in [0.4, 0.5) is 0 Å². The Balaban J connectivity index is 2.42. The highest BCUT2D eigenvalue weighted by atomic mass is 15.1. The fourth-order valence-electron chi connectivity index (χ4n) is 1.18. The molecule has 1 heterocycles. The summed E-state index contributed by atoms with van der Waals surface area (Å²) in [7, 11) is 0. The first-order valence-corrected chi connectivity index (χ1v) is 4.61.